The number of alkyl carbamates (subject to hydrolysis) is 1. The number of carbonyl (C=O) groups is 2. The second-order valence-corrected chi connectivity index (χ2v) is 8.84. The van der Waals surface area contributed by atoms with E-state index < -0.39 is 5.60 Å². The van der Waals surface area contributed by atoms with Crippen molar-refractivity contribution in [3.8, 4) is 0 Å². The Morgan fingerprint density at radius 2 is 1.73 bits per heavy atom. The first-order valence-corrected chi connectivity index (χ1v) is 9.38. The Kier molecular flexibility index (Phi) is 4.71. The first-order valence-electron chi connectivity index (χ1n) is 9.38. The summed E-state index contributed by atoms with van der Waals surface area (Å²) in [6.45, 7) is 7.46. The van der Waals surface area contributed by atoms with E-state index in [1.165, 1.54) is 0 Å². The normalized spacial score (nSPS) is 27.7. The number of rotatable bonds is 3. The zero-order chi connectivity index (χ0) is 19.0. The van der Waals surface area contributed by atoms with Gasteiger partial charge in [-0.1, -0.05) is 6.07 Å². The van der Waals surface area contributed by atoms with Crippen molar-refractivity contribution < 1.29 is 14.3 Å². The van der Waals surface area contributed by atoms with Crippen LogP contribution in [0.1, 0.15) is 75.5 Å². The maximum absolute atomic E-state index is 12.7. The summed E-state index contributed by atoms with van der Waals surface area (Å²) in [4.78, 5) is 29.3. The number of fused-ring (bicyclic) bond motifs is 2. The van der Waals surface area contributed by atoms with Gasteiger partial charge < -0.3 is 15.4 Å². The van der Waals surface area contributed by atoms with Crippen LogP contribution in [0.15, 0.2) is 18.2 Å². The fourth-order valence-electron chi connectivity index (χ4n) is 4.33. The van der Waals surface area contributed by atoms with Gasteiger partial charge in [0.25, 0.3) is 5.91 Å². The second-order valence-electron chi connectivity index (χ2n) is 8.84. The molecule has 2 atom stereocenters. The van der Waals surface area contributed by atoms with Crippen molar-refractivity contribution >= 4 is 12.0 Å². The molecule has 6 heteroatoms. The van der Waals surface area contributed by atoms with Crippen LogP contribution in [-0.2, 0) is 4.74 Å². The number of nitrogens with one attached hydrogen (secondary N) is 2. The van der Waals surface area contributed by atoms with Crippen LogP contribution in [0.5, 0.6) is 0 Å². The fourth-order valence-corrected chi connectivity index (χ4v) is 4.33. The summed E-state index contributed by atoms with van der Waals surface area (Å²) in [5.74, 6) is -0.135. The van der Waals surface area contributed by atoms with Crippen molar-refractivity contribution in [3.05, 3.63) is 29.6 Å². The highest BCUT2D eigenvalue weighted by molar-refractivity contribution is 5.92. The van der Waals surface area contributed by atoms with Gasteiger partial charge in [-0.3, -0.25) is 4.79 Å². The van der Waals surface area contributed by atoms with E-state index in [2.05, 4.69) is 15.6 Å². The summed E-state index contributed by atoms with van der Waals surface area (Å²) in [6, 6.07) is 5.46. The molecule has 1 aromatic rings. The Labute approximate surface area is 155 Å². The van der Waals surface area contributed by atoms with Crippen LogP contribution < -0.4 is 10.6 Å². The number of pyridine rings is 1. The molecule has 6 nitrogen and oxygen atoms in total. The van der Waals surface area contributed by atoms with Crippen LogP contribution in [0, 0.1) is 6.92 Å². The number of aryl methyl sites for hydroxylation is 1. The third-order valence-electron chi connectivity index (χ3n) is 5.34. The standard InChI is InChI=1S/C20H29N3O3/c1-14-7-5-8-15(21-14)16(24)22-19-9-6-10-20(13-19,12-11-19)23-17(25)26-18(2,3)4/h5,7-8H,6,9-13H2,1-4H3,(H,22,24)(H,23,25)/t19-,20+/m0/s1. The molecule has 3 rings (SSSR count). The molecule has 2 N–H and O–H groups in total. The molecule has 0 unspecified atom stereocenters. The Hall–Kier alpha value is -2.11. The highest BCUT2D eigenvalue weighted by atomic mass is 16.6. The number of nitrogens with zero attached hydrogens (tertiary/aromatic N) is 1. The molecule has 2 amide bonds. The zero-order valence-electron chi connectivity index (χ0n) is 16.1. The SMILES string of the molecule is Cc1cccc(C(=O)N[C@@]23CCC[C@@](NC(=O)OC(C)(C)C)(CC2)C3)n1. The lowest BCUT2D eigenvalue weighted by Crippen LogP contribution is -2.55. The van der Waals surface area contributed by atoms with Crippen molar-refractivity contribution in [2.24, 2.45) is 0 Å². The number of aromatic nitrogens is 1. The Morgan fingerprint density at radius 3 is 2.35 bits per heavy atom. The van der Waals surface area contributed by atoms with E-state index in [0.29, 0.717) is 5.69 Å². The maximum atomic E-state index is 12.7. The molecule has 0 spiro atoms. The monoisotopic (exact) mass is 359 g/mol. The summed E-state index contributed by atoms with van der Waals surface area (Å²) >= 11 is 0. The Balaban J connectivity index is 1.68. The maximum Gasteiger partial charge on any atom is 0.408 e. The Bertz CT molecular complexity index is 712. The van der Waals surface area contributed by atoms with Gasteiger partial charge in [0.1, 0.15) is 11.3 Å². The molecular weight excluding hydrogens is 330 g/mol. The van der Waals surface area contributed by atoms with Crippen LogP contribution in [0.3, 0.4) is 0 Å². The van der Waals surface area contributed by atoms with E-state index in [1.54, 1.807) is 6.07 Å². The quantitative estimate of drug-likeness (QED) is 0.866. The molecule has 0 aromatic carbocycles. The summed E-state index contributed by atoms with van der Waals surface area (Å²) in [5.41, 5.74) is 0.202. The van der Waals surface area contributed by atoms with Gasteiger partial charge in [-0.15, -0.1) is 0 Å². The highest BCUT2D eigenvalue weighted by Gasteiger charge is 2.52. The smallest absolute Gasteiger partial charge is 0.408 e. The summed E-state index contributed by atoms with van der Waals surface area (Å²) < 4.78 is 5.43. The number of hydrogen-bond donors (Lipinski definition) is 2. The van der Waals surface area contributed by atoms with E-state index in [1.807, 2.05) is 39.8 Å². The minimum absolute atomic E-state index is 0.135. The fraction of sp³-hybridized carbons (Fsp3) is 0.650. The van der Waals surface area contributed by atoms with E-state index >= 15 is 0 Å². The van der Waals surface area contributed by atoms with Gasteiger partial charge in [-0.25, -0.2) is 9.78 Å². The molecule has 2 saturated carbocycles. The highest BCUT2D eigenvalue weighted by Crippen LogP contribution is 2.48. The topological polar surface area (TPSA) is 80.3 Å². The van der Waals surface area contributed by atoms with Crippen LogP contribution in [-0.4, -0.2) is 33.7 Å². The Morgan fingerprint density at radius 1 is 1.08 bits per heavy atom. The number of ether oxygens (including phenoxy) is 1. The van der Waals surface area contributed by atoms with Crippen molar-refractivity contribution in [1.29, 1.82) is 0 Å². The molecule has 0 saturated heterocycles. The van der Waals surface area contributed by atoms with Crippen molar-refractivity contribution in [2.75, 3.05) is 0 Å². The minimum Gasteiger partial charge on any atom is -0.444 e. The third-order valence-corrected chi connectivity index (χ3v) is 5.34. The number of carbonyl (C=O) groups excluding carboxylic acids is 2. The summed E-state index contributed by atoms with van der Waals surface area (Å²) in [6.07, 6.45) is 4.92. The van der Waals surface area contributed by atoms with Crippen LogP contribution in [0.4, 0.5) is 4.79 Å². The first kappa shape index (κ1) is 18.7. The lowest BCUT2D eigenvalue weighted by molar-refractivity contribution is 0.0428. The van der Waals surface area contributed by atoms with Gasteiger partial charge in [0, 0.05) is 16.8 Å². The van der Waals surface area contributed by atoms with Crippen LogP contribution >= 0.6 is 0 Å². The van der Waals surface area contributed by atoms with Crippen molar-refractivity contribution in [3.63, 3.8) is 0 Å². The number of hydrogen-bond acceptors (Lipinski definition) is 4. The molecule has 142 valence electrons. The van der Waals surface area contributed by atoms with Gasteiger partial charge in [0.05, 0.1) is 0 Å². The molecule has 2 aliphatic rings. The minimum atomic E-state index is -0.518. The van der Waals surface area contributed by atoms with Gasteiger partial charge in [0.15, 0.2) is 0 Å². The van der Waals surface area contributed by atoms with Crippen LogP contribution in [0.25, 0.3) is 0 Å². The first-order chi connectivity index (χ1) is 12.1. The molecule has 1 aromatic heterocycles. The van der Waals surface area contributed by atoms with E-state index in [9.17, 15) is 9.59 Å². The molecular formula is C20H29N3O3. The summed E-state index contributed by atoms with van der Waals surface area (Å²) in [5, 5.41) is 6.32. The molecule has 26 heavy (non-hydrogen) atoms. The average molecular weight is 359 g/mol. The average Bonchev–Trinajstić information content (AvgIpc) is 2.75. The number of amides is 2. The third kappa shape index (κ3) is 4.17. The molecule has 2 bridgehead atoms. The predicted octanol–water partition coefficient (Wildman–Crippen LogP) is 3.49. The van der Waals surface area contributed by atoms with Gasteiger partial charge in [0.2, 0.25) is 0 Å². The zero-order valence-corrected chi connectivity index (χ0v) is 16.1. The lowest BCUT2D eigenvalue weighted by Gasteiger charge is -2.40. The predicted molar refractivity (Wildman–Crippen MR) is 99.0 cm³/mol. The van der Waals surface area contributed by atoms with E-state index in [-0.39, 0.29) is 23.1 Å². The van der Waals surface area contributed by atoms with E-state index in [4.69, 9.17) is 4.74 Å². The summed E-state index contributed by atoms with van der Waals surface area (Å²) in [7, 11) is 0. The second kappa shape index (κ2) is 6.56. The van der Waals surface area contributed by atoms with Crippen molar-refractivity contribution in [2.45, 2.75) is 82.9 Å². The lowest BCUT2D eigenvalue weighted by atomic mass is 9.78. The molecule has 0 radical (unpaired) electrons. The van der Waals surface area contributed by atoms with Crippen molar-refractivity contribution in [1.82, 2.24) is 15.6 Å². The molecule has 0 aliphatic heterocycles. The molecule has 1 heterocycles. The van der Waals surface area contributed by atoms with E-state index in [0.717, 1.165) is 44.2 Å². The van der Waals surface area contributed by atoms with Crippen LogP contribution in [0.2, 0.25) is 0 Å². The molecule has 2 fully saturated rings. The van der Waals surface area contributed by atoms with Gasteiger partial charge in [-0.2, -0.15) is 0 Å². The van der Waals surface area contributed by atoms with Gasteiger partial charge in [-0.05, 0) is 78.4 Å². The van der Waals surface area contributed by atoms with Gasteiger partial charge >= 0.3 is 6.09 Å². The molecule has 2 aliphatic carbocycles. The largest absolute Gasteiger partial charge is 0.444 e.